The highest BCUT2D eigenvalue weighted by molar-refractivity contribution is 7.92. The van der Waals surface area contributed by atoms with Gasteiger partial charge in [0.05, 0.1) is 16.9 Å². The van der Waals surface area contributed by atoms with Gasteiger partial charge in [-0.15, -0.1) is 0 Å². The second-order valence-electron chi connectivity index (χ2n) is 10.3. The van der Waals surface area contributed by atoms with Crippen molar-refractivity contribution in [3.63, 3.8) is 0 Å². The summed E-state index contributed by atoms with van der Waals surface area (Å²) in [5.74, 6) is -0.993. The molecule has 0 aliphatic rings. The van der Waals surface area contributed by atoms with Crippen LogP contribution in [-0.4, -0.2) is 54.9 Å². The minimum absolute atomic E-state index is 0.0251. The third-order valence-electron chi connectivity index (χ3n) is 6.66. The van der Waals surface area contributed by atoms with Gasteiger partial charge in [0.1, 0.15) is 12.6 Å². The molecule has 0 bridgehead atoms. The second-order valence-corrected chi connectivity index (χ2v) is 12.2. The average molecular weight is 581 g/mol. The normalized spacial score (nSPS) is 12.0. The summed E-state index contributed by atoms with van der Waals surface area (Å²) in [6.07, 6.45) is 1.14. The fraction of sp³-hybridized carbons (Fsp3) is 0.333. The summed E-state index contributed by atoms with van der Waals surface area (Å²) < 4.78 is 26.8. The summed E-state index contributed by atoms with van der Waals surface area (Å²) in [5, 5.41) is 14.3. The molecule has 1 atom stereocenters. The topological polar surface area (TPSA) is 130 Å². The minimum Gasteiger partial charge on any atom is -0.352 e. The standard InChI is InChI=1S/C30H36N4O6S/c1-21(2)31-30(36)28(17-24-12-7-6-8-13-24)32(19-25-14-10-9-11-22(25)3)29(35)20-33(41(5,39)40)27-18-26(34(37)38)16-15-23(27)4/h6-16,18,21,28H,17,19-20H2,1-5H3,(H,31,36). The first-order chi connectivity index (χ1) is 19.3. The van der Waals surface area contributed by atoms with E-state index in [0.29, 0.717) is 5.56 Å². The Morgan fingerprint density at radius 1 is 0.951 bits per heavy atom. The van der Waals surface area contributed by atoms with Crippen LogP contribution in [0, 0.1) is 24.0 Å². The first-order valence-electron chi connectivity index (χ1n) is 13.2. The zero-order valence-electron chi connectivity index (χ0n) is 23.9. The van der Waals surface area contributed by atoms with Crippen molar-refractivity contribution in [1.29, 1.82) is 0 Å². The van der Waals surface area contributed by atoms with Crippen LogP contribution in [0.1, 0.15) is 36.1 Å². The number of benzene rings is 3. The van der Waals surface area contributed by atoms with E-state index in [1.54, 1.807) is 6.92 Å². The van der Waals surface area contributed by atoms with Crippen LogP contribution in [0.4, 0.5) is 11.4 Å². The number of nitrogens with zero attached hydrogens (tertiary/aromatic N) is 3. The number of non-ortho nitro benzene ring substituents is 1. The molecule has 3 rings (SSSR count). The molecule has 41 heavy (non-hydrogen) atoms. The monoisotopic (exact) mass is 580 g/mol. The van der Waals surface area contributed by atoms with Gasteiger partial charge in [-0.25, -0.2) is 8.42 Å². The maximum Gasteiger partial charge on any atom is 0.271 e. The number of carbonyl (C=O) groups is 2. The van der Waals surface area contributed by atoms with Gasteiger partial charge in [-0.1, -0.05) is 60.7 Å². The molecule has 0 saturated carbocycles. The second kappa shape index (κ2) is 13.4. The zero-order chi connectivity index (χ0) is 30.3. The van der Waals surface area contributed by atoms with Crippen molar-refractivity contribution in [2.45, 2.75) is 52.7 Å². The molecule has 0 heterocycles. The van der Waals surface area contributed by atoms with Crippen molar-refractivity contribution in [3.8, 4) is 0 Å². The van der Waals surface area contributed by atoms with Gasteiger partial charge in [0.15, 0.2) is 0 Å². The molecule has 0 aliphatic carbocycles. The molecular weight excluding hydrogens is 544 g/mol. The lowest BCUT2D eigenvalue weighted by atomic mass is 10.0. The smallest absolute Gasteiger partial charge is 0.271 e. The van der Waals surface area contributed by atoms with Crippen LogP contribution < -0.4 is 9.62 Å². The number of hydrogen-bond donors (Lipinski definition) is 1. The first-order valence-corrected chi connectivity index (χ1v) is 15.0. The predicted octanol–water partition coefficient (Wildman–Crippen LogP) is 4.14. The molecule has 1 N–H and O–H groups in total. The Hall–Kier alpha value is -4.25. The number of sulfonamides is 1. The number of amides is 2. The summed E-state index contributed by atoms with van der Waals surface area (Å²) in [4.78, 5) is 40.0. The van der Waals surface area contributed by atoms with E-state index in [1.807, 2.05) is 75.4 Å². The Bertz CT molecular complexity index is 1510. The molecule has 218 valence electrons. The van der Waals surface area contributed by atoms with Crippen LogP contribution in [0.5, 0.6) is 0 Å². The lowest BCUT2D eigenvalue weighted by Crippen LogP contribution is -2.54. The largest absolute Gasteiger partial charge is 0.352 e. The van der Waals surface area contributed by atoms with Gasteiger partial charge in [0.25, 0.3) is 5.69 Å². The SMILES string of the molecule is Cc1ccccc1CN(C(=O)CN(c1cc([N+](=O)[O-])ccc1C)S(C)(=O)=O)C(Cc1ccccc1)C(=O)NC(C)C. The number of anilines is 1. The van der Waals surface area contributed by atoms with Gasteiger partial charge >= 0.3 is 0 Å². The highest BCUT2D eigenvalue weighted by atomic mass is 32.2. The molecule has 0 aliphatic heterocycles. The quantitative estimate of drug-likeness (QED) is 0.253. The molecule has 0 fully saturated rings. The highest BCUT2D eigenvalue weighted by Gasteiger charge is 2.34. The number of nitro benzene ring substituents is 1. The Kier molecular flexibility index (Phi) is 10.2. The molecule has 0 saturated heterocycles. The fourth-order valence-corrected chi connectivity index (χ4v) is 5.38. The van der Waals surface area contributed by atoms with E-state index < -0.39 is 33.4 Å². The Morgan fingerprint density at radius 2 is 1.59 bits per heavy atom. The van der Waals surface area contributed by atoms with E-state index in [9.17, 15) is 28.1 Å². The van der Waals surface area contributed by atoms with Crippen molar-refractivity contribution in [1.82, 2.24) is 10.2 Å². The number of aryl methyl sites for hydroxylation is 2. The number of rotatable bonds is 12. The fourth-order valence-electron chi connectivity index (χ4n) is 4.48. The van der Waals surface area contributed by atoms with Crippen LogP contribution in [-0.2, 0) is 32.6 Å². The Labute approximate surface area is 241 Å². The summed E-state index contributed by atoms with van der Waals surface area (Å²) in [5.41, 5.74) is 2.70. The van der Waals surface area contributed by atoms with E-state index in [2.05, 4.69) is 5.32 Å². The van der Waals surface area contributed by atoms with Crippen LogP contribution in [0.2, 0.25) is 0 Å². The van der Waals surface area contributed by atoms with Gasteiger partial charge in [-0.3, -0.25) is 24.0 Å². The Balaban J connectivity index is 2.12. The number of carbonyl (C=O) groups excluding carboxylic acids is 2. The van der Waals surface area contributed by atoms with Gasteiger partial charge in [0, 0.05) is 31.1 Å². The van der Waals surface area contributed by atoms with Gasteiger partial charge < -0.3 is 10.2 Å². The van der Waals surface area contributed by atoms with Crippen LogP contribution in [0.3, 0.4) is 0 Å². The lowest BCUT2D eigenvalue weighted by molar-refractivity contribution is -0.384. The van der Waals surface area contributed by atoms with Gasteiger partial charge in [-0.2, -0.15) is 0 Å². The van der Waals surface area contributed by atoms with E-state index in [0.717, 1.165) is 33.3 Å². The molecule has 0 aromatic heterocycles. The molecule has 1 unspecified atom stereocenters. The van der Waals surface area contributed by atoms with Gasteiger partial charge in [-0.05, 0) is 49.9 Å². The maximum atomic E-state index is 14.1. The molecule has 3 aromatic rings. The summed E-state index contributed by atoms with van der Waals surface area (Å²) in [7, 11) is -4.05. The van der Waals surface area contributed by atoms with Crippen LogP contribution in [0.25, 0.3) is 0 Å². The number of hydrogen-bond acceptors (Lipinski definition) is 6. The van der Waals surface area contributed by atoms with Crippen molar-refractivity contribution in [2.75, 3.05) is 17.1 Å². The molecule has 10 nitrogen and oxygen atoms in total. The molecule has 11 heteroatoms. The van der Waals surface area contributed by atoms with E-state index in [1.165, 1.54) is 17.0 Å². The van der Waals surface area contributed by atoms with E-state index in [4.69, 9.17) is 0 Å². The number of nitro groups is 1. The molecule has 2 amide bonds. The average Bonchev–Trinajstić information content (AvgIpc) is 2.90. The molecule has 3 aromatic carbocycles. The minimum atomic E-state index is -4.05. The number of nitrogens with one attached hydrogen (secondary N) is 1. The van der Waals surface area contributed by atoms with E-state index in [-0.39, 0.29) is 36.3 Å². The molecule has 0 spiro atoms. The van der Waals surface area contributed by atoms with E-state index >= 15 is 0 Å². The third-order valence-corrected chi connectivity index (χ3v) is 7.78. The summed E-state index contributed by atoms with van der Waals surface area (Å²) in [6.45, 7) is 6.56. The van der Waals surface area contributed by atoms with Crippen molar-refractivity contribution in [3.05, 3.63) is 105 Å². The van der Waals surface area contributed by atoms with Crippen LogP contribution in [0.15, 0.2) is 72.8 Å². The third kappa shape index (κ3) is 8.37. The van der Waals surface area contributed by atoms with Crippen molar-refractivity contribution in [2.24, 2.45) is 0 Å². The van der Waals surface area contributed by atoms with Crippen LogP contribution >= 0.6 is 0 Å². The van der Waals surface area contributed by atoms with Gasteiger partial charge in [0.2, 0.25) is 21.8 Å². The summed E-state index contributed by atoms with van der Waals surface area (Å²) >= 11 is 0. The van der Waals surface area contributed by atoms with Crippen molar-refractivity contribution >= 4 is 33.2 Å². The van der Waals surface area contributed by atoms with Crippen molar-refractivity contribution < 1.29 is 22.9 Å². The maximum absolute atomic E-state index is 14.1. The summed E-state index contributed by atoms with van der Waals surface area (Å²) in [6, 6.07) is 19.4. The lowest BCUT2D eigenvalue weighted by Gasteiger charge is -2.34. The first kappa shape index (κ1) is 31.3. The predicted molar refractivity (Wildman–Crippen MR) is 159 cm³/mol. The Morgan fingerprint density at radius 3 is 2.17 bits per heavy atom. The molecule has 0 radical (unpaired) electrons. The molecular formula is C30H36N4O6S. The zero-order valence-corrected chi connectivity index (χ0v) is 24.7. The highest BCUT2D eigenvalue weighted by Crippen LogP contribution is 2.28.